The predicted octanol–water partition coefficient (Wildman–Crippen LogP) is 3.22. The van der Waals surface area contributed by atoms with Gasteiger partial charge >= 0.3 is 0 Å². The van der Waals surface area contributed by atoms with Crippen molar-refractivity contribution in [1.29, 1.82) is 0 Å². The van der Waals surface area contributed by atoms with E-state index in [4.69, 9.17) is 4.52 Å². The largest absolute Gasteiger partial charge is 0.347 e. The molecule has 1 aromatic carbocycles. The predicted molar refractivity (Wildman–Crippen MR) is 86.7 cm³/mol. The van der Waals surface area contributed by atoms with Gasteiger partial charge in [-0.15, -0.1) is 11.3 Å². The molecule has 5 nitrogen and oxygen atoms in total. The van der Waals surface area contributed by atoms with Gasteiger partial charge in [-0.3, -0.25) is 4.79 Å². The van der Waals surface area contributed by atoms with Crippen LogP contribution in [0.2, 0.25) is 0 Å². The second-order valence-corrected chi connectivity index (χ2v) is 6.51. The highest BCUT2D eigenvalue weighted by molar-refractivity contribution is 7.13. The Balaban J connectivity index is 1.33. The summed E-state index contributed by atoms with van der Waals surface area (Å²) in [6.07, 6.45) is 0.903. The monoisotopic (exact) mass is 325 g/mol. The summed E-state index contributed by atoms with van der Waals surface area (Å²) in [5.74, 6) is 1.43. The van der Waals surface area contributed by atoms with Gasteiger partial charge in [0.15, 0.2) is 0 Å². The van der Waals surface area contributed by atoms with Crippen LogP contribution in [0.25, 0.3) is 10.7 Å². The quantitative estimate of drug-likeness (QED) is 0.782. The molecule has 0 saturated heterocycles. The Labute approximate surface area is 137 Å². The third kappa shape index (κ3) is 3.03. The molecule has 2 unspecified atom stereocenters. The van der Waals surface area contributed by atoms with Crippen LogP contribution in [0.5, 0.6) is 0 Å². The SMILES string of the molecule is O=C(NCc1nc(-c2cccs2)no1)C1CC1c1ccccc1. The first-order valence-corrected chi connectivity index (χ1v) is 8.38. The summed E-state index contributed by atoms with van der Waals surface area (Å²) in [7, 11) is 0. The summed E-state index contributed by atoms with van der Waals surface area (Å²) in [4.78, 5) is 17.5. The minimum absolute atomic E-state index is 0.0507. The molecule has 23 heavy (non-hydrogen) atoms. The van der Waals surface area contributed by atoms with Crippen LogP contribution in [0.15, 0.2) is 52.4 Å². The van der Waals surface area contributed by atoms with Crippen molar-refractivity contribution in [3.8, 4) is 10.7 Å². The number of carbonyl (C=O) groups is 1. The van der Waals surface area contributed by atoms with E-state index in [1.807, 2.05) is 35.7 Å². The van der Waals surface area contributed by atoms with Crippen molar-refractivity contribution < 1.29 is 9.32 Å². The number of hydrogen-bond donors (Lipinski definition) is 1. The molecule has 0 spiro atoms. The van der Waals surface area contributed by atoms with Gasteiger partial charge in [-0.1, -0.05) is 41.6 Å². The average molecular weight is 325 g/mol. The van der Waals surface area contributed by atoms with Crippen LogP contribution in [0.4, 0.5) is 0 Å². The van der Waals surface area contributed by atoms with E-state index in [0.717, 1.165) is 11.3 Å². The lowest BCUT2D eigenvalue weighted by molar-refractivity contribution is -0.122. The molecule has 3 aromatic rings. The van der Waals surface area contributed by atoms with Gasteiger partial charge in [-0.05, 0) is 29.3 Å². The van der Waals surface area contributed by atoms with E-state index in [-0.39, 0.29) is 18.4 Å². The van der Waals surface area contributed by atoms with Crippen molar-refractivity contribution in [1.82, 2.24) is 15.5 Å². The fraction of sp³-hybridized carbons (Fsp3) is 0.235. The van der Waals surface area contributed by atoms with Crippen molar-refractivity contribution >= 4 is 17.2 Å². The molecule has 4 rings (SSSR count). The van der Waals surface area contributed by atoms with E-state index in [1.165, 1.54) is 5.56 Å². The van der Waals surface area contributed by atoms with Gasteiger partial charge < -0.3 is 9.84 Å². The second kappa shape index (κ2) is 5.96. The third-order valence-electron chi connectivity index (χ3n) is 3.98. The number of amides is 1. The Morgan fingerprint density at radius 2 is 2.13 bits per heavy atom. The molecule has 2 heterocycles. The molecule has 1 N–H and O–H groups in total. The van der Waals surface area contributed by atoms with Gasteiger partial charge in [0.05, 0.1) is 11.4 Å². The molecule has 0 radical (unpaired) electrons. The molecule has 1 aliphatic rings. The van der Waals surface area contributed by atoms with Gasteiger partial charge in [0.1, 0.15) is 0 Å². The van der Waals surface area contributed by atoms with E-state index < -0.39 is 0 Å². The summed E-state index contributed by atoms with van der Waals surface area (Å²) < 4.78 is 5.18. The normalized spacial score (nSPS) is 19.5. The maximum absolute atomic E-state index is 12.2. The Bertz CT molecular complexity index is 798. The van der Waals surface area contributed by atoms with Gasteiger partial charge in [0.25, 0.3) is 0 Å². The van der Waals surface area contributed by atoms with E-state index in [9.17, 15) is 4.79 Å². The van der Waals surface area contributed by atoms with Crippen molar-refractivity contribution in [2.75, 3.05) is 0 Å². The Kier molecular flexibility index (Phi) is 3.67. The van der Waals surface area contributed by atoms with Crippen LogP contribution in [0, 0.1) is 5.92 Å². The fourth-order valence-corrected chi connectivity index (χ4v) is 3.33. The zero-order valence-electron chi connectivity index (χ0n) is 12.3. The molecular weight excluding hydrogens is 310 g/mol. The summed E-state index contributed by atoms with van der Waals surface area (Å²) in [6.45, 7) is 0.273. The van der Waals surface area contributed by atoms with Gasteiger partial charge in [0, 0.05) is 5.92 Å². The summed E-state index contributed by atoms with van der Waals surface area (Å²) in [6, 6.07) is 14.0. The van der Waals surface area contributed by atoms with E-state index >= 15 is 0 Å². The molecule has 0 bridgehead atoms. The molecule has 1 amide bonds. The Hall–Kier alpha value is -2.47. The first kappa shape index (κ1) is 14.1. The van der Waals surface area contributed by atoms with E-state index in [2.05, 4.69) is 27.6 Å². The number of nitrogens with zero attached hydrogens (tertiary/aromatic N) is 2. The van der Waals surface area contributed by atoms with Crippen LogP contribution in [-0.4, -0.2) is 16.0 Å². The molecule has 1 fully saturated rings. The van der Waals surface area contributed by atoms with Crippen molar-refractivity contribution in [3.63, 3.8) is 0 Å². The maximum atomic E-state index is 12.2. The van der Waals surface area contributed by atoms with Crippen LogP contribution < -0.4 is 5.32 Å². The van der Waals surface area contributed by atoms with Crippen molar-refractivity contribution in [2.24, 2.45) is 5.92 Å². The molecule has 116 valence electrons. The number of aromatic nitrogens is 2. The number of rotatable bonds is 5. The maximum Gasteiger partial charge on any atom is 0.246 e. The minimum Gasteiger partial charge on any atom is -0.347 e. The molecule has 2 atom stereocenters. The zero-order valence-corrected chi connectivity index (χ0v) is 13.1. The van der Waals surface area contributed by atoms with Crippen LogP contribution in [-0.2, 0) is 11.3 Å². The number of hydrogen-bond acceptors (Lipinski definition) is 5. The number of benzene rings is 1. The van der Waals surface area contributed by atoms with Gasteiger partial charge in [0.2, 0.25) is 17.6 Å². The van der Waals surface area contributed by atoms with E-state index in [1.54, 1.807) is 11.3 Å². The van der Waals surface area contributed by atoms with Gasteiger partial charge in [-0.25, -0.2) is 0 Å². The summed E-state index contributed by atoms with van der Waals surface area (Å²) in [5, 5.41) is 8.78. The standard InChI is InChI=1S/C17H15N3O2S/c21-17(13-9-12(13)11-5-2-1-3-6-11)18-10-15-19-16(20-22-15)14-7-4-8-23-14/h1-8,12-13H,9-10H2,(H,18,21). The molecule has 2 aromatic heterocycles. The van der Waals surface area contributed by atoms with Crippen molar-refractivity contribution in [2.45, 2.75) is 18.9 Å². The highest BCUT2D eigenvalue weighted by Crippen LogP contribution is 2.47. The van der Waals surface area contributed by atoms with Crippen LogP contribution in [0.3, 0.4) is 0 Å². The minimum atomic E-state index is 0.0507. The lowest BCUT2D eigenvalue weighted by atomic mass is 10.1. The molecule has 1 saturated carbocycles. The number of carbonyl (C=O) groups excluding carboxylic acids is 1. The zero-order chi connectivity index (χ0) is 15.6. The fourth-order valence-electron chi connectivity index (χ4n) is 2.68. The van der Waals surface area contributed by atoms with Crippen LogP contribution in [0.1, 0.15) is 23.8 Å². The highest BCUT2D eigenvalue weighted by atomic mass is 32.1. The summed E-state index contributed by atoms with van der Waals surface area (Å²) >= 11 is 1.55. The third-order valence-corrected chi connectivity index (χ3v) is 4.84. The second-order valence-electron chi connectivity index (χ2n) is 5.57. The smallest absolute Gasteiger partial charge is 0.246 e. The Morgan fingerprint density at radius 3 is 2.91 bits per heavy atom. The lowest BCUT2D eigenvalue weighted by Gasteiger charge is -2.02. The lowest BCUT2D eigenvalue weighted by Crippen LogP contribution is -2.25. The first-order chi connectivity index (χ1) is 11.3. The van der Waals surface area contributed by atoms with Gasteiger partial charge in [-0.2, -0.15) is 4.98 Å². The first-order valence-electron chi connectivity index (χ1n) is 7.50. The number of thiophene rings is 1. The number of nitrogens with one attached hydrogen (secondary N) is 1. The molecule has 0 aliphatic heterocycles. The van der Waals surface area contributed by atoms with E-state index in [0.29, 0.717) is 17.6 Å². The highest BCUT2D eigenvalue weighted by Gasteiger charge is 2.43. The Morgan fingerprint density at radius 1 is 1.26 bits per heavy atom. The molecular formula is C17H15N3O2S. The molecule has 6 heteroatoms. The van der Waals surface area contributed by atoms with Crippen molar-refractivity contribution in [3.05, 3.63) is 59.3 Å². The average Bonchev–Trinajstić information content (AvgIpc) is 2.99. The topological polar surface area (TPSA) is 68.0 Å². The molecule has 1 aliphatic carbocycles. The van der Waals surface area contributed by atoms with Crippen LogP contribution >= 0.6 is 11.3 Å². The summed E-state index contributed by atoms with van der Waals surface area (Å²) in [5.41, 5.74) is 1.23.